The lowest BCUT2D eigenvalue weighted by Crippen LogP contribution is -2.14. The molecule has 1 amide bonds. The zero-order chi connectivity index (χ0) is 18.1. The Labute approximate surface area is 153 Å². The number of nitrogens with zero attached hydrogens (tertiary/aromatic N) is 1. The fourth-order valence-corrected chi connectivity index (χ4v) is 3.70. The summed E-state index contributed by atoms with van der Waals surface area (Å²) in [5.74, 6) is 0.821. The molecule has 5 nitrogen and oxygen atoms in total. The van der Waals surface area contributed by atoms with E-state index in [0.29, 0.717) is 22.9 Å². The van der Waals surface area contributed by atoms with E-state index in [1.54, 1.807) is 30.3 Å². The minimum Gasteiger partial charge on any atom is -0.454 e. The normalized spacial score (nSPS) is 12.2. The first-order valence-corrected chi connectivity index (χ1v) is 8.82. The molecule has 7 heteroatoms. The van der Waals surface area contributed by atoms with Gasteiger partial charge >= 0.3 is 0 Å². The topological polar surface area (TPSA) is 60.5 Å². The van der Waals surface area contributed by atoms with Gasteiger partial charge in [0.05, 0.1) is 17.1 Å². The third-order valence-electron chi connectivity index (χ3n) is 3.90. The van der Waals surface area contributed by atoms with Crippen LogP contribution in [0.2, 0.25) is 0 Å². The van der Waals surface area contributed by atoms with E-state index in [1.165, 1.54) is 23.5 Å². The Kier molecular flexibility index (Phi) is 4.30. The molecule has 3 aromatic rings. The smallest absolute Gasteiger partial charge is 0.231 e. The third kappa shape index (κ3) is 3.39. The largest absolute Gasteiger partial charge is 0.454 e. The highest BCUT2D eigenvalue weighted by Gasteiger charge is 2.17. The van der Waals surface area contributed by atoms with Gasteiger partial charge < -0.3 is 14.8 Å². The summed E-state index contributed by atoms with van der Waals surface area (Å²) in [7, 11) is 0. The Morgan fingerprint density at radius 2 is 1.96 bits per heavy atom. The van der Waals surface area contributed by atoms with Crippen molar-refractivity contribution in [2.45, 2.75) is 13.3 Å². The van der Waals surface area contributed by atoms with Crippen molar-refractivity contribution in [3.8, 4) is 22.8 Å². The van der Waals surface area contributed by atoms with Crippen molar-refractivity contribution in [1.29, 1.82) is 0 Å². The predicted octanol–water partition coefficient (Wildman–Crippen LogP) is 4.17. The number of hydrogen-bond acceptors (Lipinski definition) is 5. The molecule has 2 heterocycles. The number of halogens is 1. The number of ether oxygens (including phenoxy) is 2. The van der Waals surface area contributed by atoms with Crippen LogP contribution in [0.15, 0.2) is 42.5 Å². The summed E-state index contributed by atoms with van der Waals surface area (Å²) in [4.78, 5) is 17.8. The number of nitrogens with one attached hydrogen (secondary N) is 1. The standard InChI is InChI=1S/C19H15FN2O3S/c1-11-21-19(12-2-4-13(20)5-3-12)17(26-11)9-18(23)22-14-6-7-15-16(8-14)25-10-24-15/h2-8H,9-10H2,1H3,(H,22,23). The van der Waals surface area contributed by atoms with Gasteiger partial charge in [-0.25, -0.2) is 9.37 Å². The van der Waals surface area contributed by atoms with Crippen LogP contribution in [0.4, 0.5) is 10.1 Å². The number of aryl methyl sites for hydroxylation is 1. The lowest BCUT2D eigenvalue weighted by atomic mass is 10.1. The Morgan fingerprint density at radius 3 is 2.77 bits per heavy atom. The van der Waals surface area contributed by atoms with Crippen molar-refractivity contribution in [3.05, 3.63) is 58.2 Å². The molecule has 132 valence electrons. The molecular formula is C19H15FN2O3S. The lowest BCUT2D eigenvalue weighted by molar-refractivity contribution is -0.115. The first-order valence-electron chi connectivity index (χ1n) is 8.00. The first kappa shape index (κ1) is 16.5. The van der Waals surface area contributed by atoms with Crippen LogP contribution in [0, 0.1) is 12.7 Å². The molecule has 1 aliphatic rings. The van der Waals surface area contributed by atoms with Gasteiger partial charge in [-0.2, -0.15) is 0 Å². The Balaban J connectivity index is 1.52. The number of amides is 1. The predicted molar refractivity (Wildman–Crippen MR) is 97.1 cm³/mol. The van der Waals surface area contributed by atoms with E-state index in [-0.39, 0.29) is 24.9 Å². The summed E-state index contributed by atoms with van der Waals surface area (Å²) in [5, 5.41) is 3.72. The Bertz CT molecular complexity index is 969. The van der Waals surface area contributed by atoms with Crippen LogP contribution in [-0.4, -0.2) is 17.7 Å². The van der Waals surface area contributed by atoms with Crippen LogP contribution in [-0.2, 0) is 11.2 Å². The second kappa shape index (κ2) is 6.76. The highest BCUT2D eigenvalue weighted by molar-refractivity contribution is 7.12. The third-order valence-corrected chi connectivity index (χ3v) is 4.87. The fraction of sp³-hybridized carbons (Fsp3) is 0.158. The molecular weight excluding hydrogens is 355 g/mol. The number of carbonyl (C=O) groups is 1. The highest BCUT2D eigenvalue weighted by Crippen LogP contribution is 2.34. The van der Waals surface area contributed by atoms with Crippen molar-refractivity contribution in [2.24, 2.45) is 0 Å². The average Bonchev–Trinajstić information content (AvgIpc) is 3.21. The van der Waals surface area contributed by atoms with Crippen molar-refractivity contribution < 1.29 is 18.7 Å². The molecule has 4 rings (SSSR count). The van der Waals surface area contributed by atoms with Crippen molar-refractivity contribution in [2.75, 3.05) is 12.1 Å². The minimum atomic E-state index is -0.303. The van der Waals surface area contributed by atoms with Gasteiger partial charge in [0.25, 0.3) is 0 Å². The van der Waals surface area contributed by atoms with Crippen LogP contribution in [0.3, 0.4) is 0 Å². The maximum absolute atomic E-state index is 13.2. The van der Waals surface area contributed by atoms with Gasteiger partial charge in [-0.05, 0) is 43.3 Å². The number of benzene rings is 2. The fourth-order valence-electron chi connectivity index (χ4n) is 2.75. The Hall–Kier alpha value is -2.93. The second-order valence-electron chi connectivity index (χ2n) is 5.80. The van der Waals surface area contributed by atoms with Crippen molar-refractivity contribution in [3.63, 3.8) is 0 Å². The van der Waals surface area contributed by atoms with Crippen molar-refractivity contribution >= 4 is 22.9 Å². The molecule has 26 heavy (non-hydrogen) atoms. The molecule has 1 aromatic heterocycles. The molecule has 0 radical (unpaired) electrons. The summed E-state index contributed by atoms with van der Waals surface area (Å²) >= 11 is 1.46. The molecule has 0 bridgehead atoms. The second-order valence-corrected chi connectivity index (χ2v) is 7.09. The Morgan fingerprint density at radius 1 is 1.19 bits per heavy atom. The zero-order valence-corrected chi connectivity index (χ0v) is 14.7. The maximum atomic E-state index is 13.2. The van der Waals surface area contributed by atoms with Gasteiger partial charge in [0.1, 0.15) is 5.82 Å². The number of carbonyl (C=O) groups excluding carboxylic acids is 1. The van der Waals surface area contributed by atoms with Gasteiger partial charge in [-0.15, -0.1) is 11.3 Å². The maximum Gasteiger partial charge on any atom is 0.231 e. The van der Waals surface area contributed by atoms with E-state index in [1.807, 2.05) is 6.92 Å². The SMILES string of the molecule is Cc1nc(-c2ccc(F)cc2)c(CC(=O)Nc2ccc3c(c2)OCO3)s1. The van der Waals surface area contributed by atoms with Crippen LogP contribution in [0.1, 0.15) is 9.88 Å². The number of hydrogen-bond donors (Lipinski definition) is 1. The van der Waals surface area contributed by atoms with Crippen LogP contribution >= 0.6 is 11.3 Å². The first-order chi connectivity index (χ1) is 12.6. The lowest BCUT2D eigenvalue weighted by Gasteiger charge is -2.06. The zero-order valence-electron chi connectivity index (χ0n) is 13.9. The molecule has 0 aliphatic carbocycles. The summed E-state index contributed by atoms with van der Waals surface area (Å²) in [6.45, 7) is 2.07. The van der Waals surface area contributed by atoms with E-state index >= 15 is 0 Å². The number of anilines is 1. The minimum absolute atomic E-state index is 0.157. The monoisotopic (exact) mass is 370 g/mol. The van der Waals surface area contributed by atoms with E-state index < -0.39 is 0 Å². The molecule has 2 aromatic carbocycles. The molecule has 1 N–H and O–H groups in total. The summed E-state index contributed by atoms with van der Waals surface area (Å²) in [6.07, 6.45) is 0.187. The van der Waals surface area contributed by atoms with E-state index in [2.05, 4.69) is 10.3 Å². The number of fused-ring (bicyclic) bond motifs is 1. The quantitative estimate of drug-likeness (QED) is 0.749. The molecule has 0 fully saturated rings. The molecule has 0 spiro atoms. The molecule has 0 unspecified atom stereocenters. The van der Waals surface area contributed by atoms with Gasteiger partial charge in [0.2, 0.25) is 12.7 Å². The number of thiazole rings is 1. The van der Waals surface area contributed by atoms with E-state index in [4.69, 9.17) is 9.47 Å². The van der Waals surface area contributed by atoms with Gasteiger partial charge in [-0.1, -0.05) is 0 Å². The molecule has 1 aliphatic heterocycles. The van der Waals surface area contributed by atoms with Gasteiger partial charge in [0, 0.05) is 22.2 Å². The summed E-state index contributed by atoms with van der Waals surface area (Å²) in [5.41, 5.74) is 2.15. The number of aromatic nitrogens is 1. The van der Waals surface area contributed by atoms with Gasteiger partial charge in [-0.3, -0.25) is 4.79 Å². The molecule has 0 atom stereocenters. The van der Waals surface area contributed by atoms with E-state index in [0.717, 1.165) is 15.4 Å². The van der Waals surface area contributed by atoms with Gasteiger partial charge in [0.15, 0.2) is 11.5 Å². The number of rotatable bonds is 4. The average molecular weight is 370 g/mol. The van der Waals surface area contributed by atoms with E-state index in [9.17, 15) is 9.18 Å². The van der Waals surface area contributed by atoms with Crippen LogP contribution < -0.4 is 14.8 Å². The van der Waals surface area contributed by atoms with Crippen molar-refractivity contribution in [1.82, 2.24) is 4.98 Å². The highest BCUT2D eigenvalue weighted by atomic mass is 32.1. The van der Waals surface area contributed by atoms with Crippen LogP contribution in [0.5, 0.6) is 11.5 Å². The molecule has 0 saturated heterocycles. The molecule has 0 saturated carbocycles. The summed E-state index contributed by atoms with van der Waals surface area (Å²) in [6, 6.07) is 11.4. The summed E-state index contributed by atoms with van der Waals surface area (Å²) < 4.78 is 23.7. The van der Waals surface area contributed by atoms with Crippen LogP contribution in [0.25, 0.3) is 11.3 Å².